The summed E-state index contributed by atoms with van der Waals surface area (Å²) in [4.78, 5) is 11.5. The zero-order valence-electron chi connectivity index (χ0n) is 14.2. The van der Waals surface area contributed by atoms with Crippen LogP contribution in [-0.4, -0.2) is 56.8 Å². The number of benzene rings is 1. The van der Waals surface area contributed by atoms with E-state index in [9.17, 15) is 9.90 Å². The minimum Gasteiger partial charge on any atom is -0.495 e. The molecule has 1 unspecified atom stereocenters. The maximum atomic E-state index is 11.5. The number of rotatable bonds is 5. The fourth-order valence-corrected chi connectivity index (χ4v) is 1.69. The first-order chi connectivity index (χ1) is 11.0. The lowest BCUT2D eigenvalue weighted by atomic mass is 10.0. The summed E-state index contributed by atoms with van der Waals surface area (Å²) in [5, 5.41) is 17.2. The van der Waals surface area contributed by atoms with Crippen molar-refractivity contribution in [3.63, 3.8) is 0 Å². The minimum absolute atomic E-state index is 0.124. The van der Waals surface area contributed by atoms with Crippen LogP contribution in [0.4, 0.5) is 0 Å². The van der Waals surface area contributed by atoms with Gasteiger partial charge < -0.3 is 24.4 Å². The normalized spacial score (nSPS) is 12.0. The van der Waals surface area contributed by atoms with Crippen LogP contribution in [0.15, 0.2) is 18.2 Å². The zero-order valence-corrected chi connectivity index (χ0v) is 14.2. The molecule has 1 atom stereocenters. The summed E-state index contributed by atoms with van der Waals surface area (Å²) >= 11 is 0. The first-order valence-corrected chi connectivity index (χ1v) is 6.95. The molecule has 0 spiro atoms. The van der Waals surface area contributed by atoms with Gasteiger partial charge in [-0.2, -0.15) is 0 Å². The summed E-state index contributed by atoms with van der Waals surface area (Å²) in [6, 6.07) is 4.80. The van der Waals surface area contributed by atoms with Crippen molar-refractivity contribution in [3.05, 3.63) is 29.3 Å². The number of carbonyl (C=O) groups is 1. The average Bonchev–Trinajstić information content (AvgIpc) is 2.61. The van der Waals surface area contributed by atoms with Gasteiger partial charge in [0.25, 0.3) is 0 Å². The van der Waals surface area contributed by atoms with Gasteiger partial charge in [-0.25, -0.2) is 4.79 Å². The van der Waals surface area contributed by atoms with Gasteiger partial charge in [0, 0.05) is 14.2 Å². The van der Waals surface area contributed by atoms with Gasteiger partial charge in [0.1, 0.15) is 11.4 Å². The number of aliphatic hydroxyl groups is 2. The molecule has 0 aliphatic heterocycles. The van der Waals surface area contributed by atoms with Crippen LogP contribution in [0.2, 0.25) is 0 Å². The van der Waals surface area contributed by atoms with Gasteiger partial charge >= 0.3 is 5.97 Å². The monoisotopic (exact) mass is 324 g/mol. The highest BCUT2D eigenvalue weighted by molar-refractivity contribution is 5.90. The molecule has 2 N–H and O–H groups in total. The average molecular weight is 324 g/mol. The first kappa shape index (κ1) is 20.9. The molecule has 0 aromatic heterocycles. The van der Waals surface area contributed by atoms with Crippen molar-refractivity contribution in [2.75, 3.05) is 35.0 Å². The van der Waals surface area contributed by atoms with E-state index in [1.165, 1.54) is 21.3 Å². The lowest BCUT2D eigenvalue weighted by Gasteiger charge is -2.18. The third-order valence-corrected chi connectivity index (χ3v) is 3.02. The second-order valence-electron chi connectivity index (χ2n) is 4.47. The number of ether oxygens (including phenoxy) is 3. The van der Waals surface area contributed by atoms with Crippen LogP contribution in [0.1, 0.15) is 29.3 Å². The van der Waals surface area contributed by atoms with Crippen LogP contribution in [-0.2, 0) is 9.47 Å². The van der Waals surface area contributed by atoms with E-state index in [2.05, 4.69) is 16.6 Å². The number of methoxy groups -OCH3 is 3. The molecule has 0 aliphatic rings. The third kappa shape index (κ3) is 6.28. The highest BCUT2D eigenvalue weighted by Gasteiger charge is 2.21. The van der Waals surface area contributed by atoms with Crippen LogP contribution in [0.5, 0.6) is 5.75 Å². The van der Waals surface area contributed by atoms with E-state index < -0.39 is 11.6 Å². The Bertz CT molecular complexity index is 558. The molecule has 6 heteroatoms. The summed E-state index contributed by atoms with van der Waals surface area (Å²) in [6.45, 7) is 1.95. The Kier molecular flexibility index (Phi) is 9.67. The standard InChI is InChI=1S/C16H20O5.CH4O/c1-5-16(18,11-19-2)9-8-12-6-7-13(15(17)21-4)10-14(12)20-3;1-2/h6-7,10,18H,5,11H2,1-4H3;2H,1H3. The highest BCUT2D eigenvalue weighted by atomic mass is 16.5. The van der Waals surface area contributed by atoms with Crippen molar-refractivity contribution in [1.29, 1.82) is 0 Å². The topological polar surface area (TPSA) is 85.2 Å². The van der Waals surface area contributed by atoms with Gasteiger partial charge in [0.15, 0.2) is 0 Å². The zero-order chi connectivity index (χ0) is 17.9. The second kappa shape index (κ2) is 10.6. The van der Waals surface area contributed by atoms with Crippen LogP contribution in [0.3, 0.4) is 0 Å². The van der Waals surface area contributed by atoms with Gasteiger partial charge in [-0.3, -0.25) is 0 Å². The van der Waals surface area contributed by atoms with Gasteiger partial charge in [0.2, 0.25) is 0 Å². The Labute approximate surface area is 137 Å². The van der Waals surface area contributed by atoms with Crippen molar-refractivity contribution in [3.8, 4) is 17.6 Å². The van der Waals surface area contributed by atoms with Crippen LogP contribution >= 0.6 is 0 Å². The maximum absolute atomic E-state index is 11.5. The van der Waals surface area contributed by atoms with Crippen LogP contribution < -0.4 is 4.74 Å². The lowest BCUT2D eigenvalue weighted by Crippen LogP contribution is -2.31. The molecule has 128 valence electrons. The van der Waals surface area contributed by atoms with Crippen molar-refractivity contribution < 1.29 is 29.2 Å². The molecule has 0 fully saturated rings. The minimum atomic E-state index is -1.21. The molecule has 1 aromatic rings. The van der Waals surface area contributed by atoms with E-state index in [0.717, 1.165) is 7.11 Å². The number of hydrogen-bond donors (Lipinski definition) is 2. The Balaban J connectivity index is 0.00000232. The van der Waals surface area contributed by atoms with E-state index in [4.69, 9.17) is 14.6 Å². The molecule has 0 radical (unpaired) electrons. The molecule has 0 heterocycles. The van der Waals surface area contributed by atoms with Crippen molar-refractivity contribution >= 4 is 5.97 Å². The van der Waals surface area contributed by atoms with E-state index >= 15 is 0 Å². The third-order valence-electron chi connectivity index (χ3n) is 3.02. The Hall–Kier alpha value is -2.07. The predicted molar refractivity (Wildman–Crippen MR) is 86.5 cm³/mol. The Morgan fingerprint density at radius 1 is 1.26 bits per heavy atom. The molecule has 0 aliphatic carbocycles. The quantitative estimate of drug-likeness (QED) is 0.626. The van der Waals surface area contributed by atoms with Gasteiger partial charge in [-0.1, -0.05) is 18.8 Å². The Morgan fingerprint density at radius 3 is 2.39 bits per heavy atom. The SMILES string of the molecule is CCC(O)(C#Cc1ccc(C(=O)OC)cc1OC)COC.CO. The largest absolute Gasteiger partial charge is 0.495 e. The van der Waals surface area contributed by atoms with Gasteiger partial charge in [-0.05, 0) is 24.6 Å². The van der Waals surface area contributed by atoms with E-state index in [0.29, 0.717) is 23.3 Å². The van der Waals surface area contributed by atoms with Gasteiger partial charge in [-0.15, -0.1) is 0 Å². The van der Waals surface area contributed by atoms with Crippen LogP contribution in [0.25, 0.3) is 0 Å². The highest BCUT2D eigenvalue weighted by Crippen LogP contribution is 2.20. The molecular formula is C17H24O6. The van der Waals surface area contributed by atoms with Crippen LogP contribution in [0, 0.1) is 11.8 Å². The van der Waals surface area contributed by atoms with E-state index in [1.807, 2.05) is 6.92 Å². The van der Waals surface area contributed by atoms with Crippen molar-refractivity contribution in [2.24, 2.45) is 0 Å². The number of hydrogen-bond acceptors (Lipinski definition) is 6. The predicted octanol–water partition coefficient (Wildman–Crippen LogP) is 1.23. The molecule has 0 amide bonds. The maximum Gasteiger partial charge on any atom is 0.337 e. The summed E-state index contributed by atoms with van der Waals surface area (Å²) in [7, 11) is 5.31. The summed E-state index contributed by atoms with van der Waals surface area (Å²) in [5.41, 5.74) is -0.253. The van der Waals surface area contributed by atoms with E-state index in [-0.39, 0.29) is 6.61 Å². The summed E-state index contributed by atoms with van der Waals surface area (Å²) < 4.78 is 14.8. The molecule has 0 saturated heterocycles. The number of esters is 1. The van der Waals surface area contributed by atoms with Crippen molar-refractivity contribution in [2.45, 2.75) is 18.9 Å². The molecule has 0 saturated carbocycles. The smallest absolute Gasteiger partial charge is 0.337 e. The molecule has 1 aromatic carbocycles. The molecule has 6 nitrogen and oxygen atoms in total. The van der Waals surface area contributed by atoms with Gasteiger partial charge in [0.05, 0.1) is 32.0 Å². The van der Waals surface area contributed by atoms with Crippen molar-refractivity contribution in [1.82, 2.24) is 0 Å². The second-order valence-corrected chi connectivity index (χ2v) is 4.47. The molecule has 1 rings (SSSR count). The molecule has 23 heavy (non-hydrogen) atoms. The summed E-state index contributed by atoms with van der Waals surface area (Å²) in [6.07, 6.45) is 0.441. The molecule has 0 bridgehead atoms. The summed E-state index contributed by atoms with van der Waals surface area (Å²) in [5.74, 6) is 5.65. The fraction of sp³-hybridized carbons (Fsp3) is 0.471. The fourth-order valence-electron chi connectivity index (χ4n) is 1.69. The van der Waals surface area contributed by atoms with E-state index in [1.54, 1.807) is 18.2 Å². The molecular weight excluding hydrogens is 300 g/mol. The number of carbonyl (C=O) groups excluding carboxylic acids is 1. The number of aliphatic hydroxyl groups excluding tert-OH is 1. The first-order valence-electron chi connectivity index (χ1n) is 6.95. The Morgan fingerprint density at radius 2 is 1.91 bits per heavy atom. The lowest BCUT2D eigenvalue weighted by molar-refractivity contribution is 0.0111.